The lowest BCUT2D eigenvalue weighted by Crippen LogP contribution is -2.21. The van der Waals surface area contributed by atoms with Crippen molar-refractivity contribution in [1.82, 2.24) is 0 Å². The van der Waals surface area contributed by atoms with Crippen molar-refractivity contribution >= 4 is 0 Å². The second kappa shape index (κ2) is 6.24. The van der Waals surface area contributed by atoms with Crippen molar-refractivity contribution in [3.63, 3.8) is 0 Å². The zero-order chi connectivity index (χ0) is 9.56. The van der Waals surface area contributed by atoms with Crippen molar-refractivity contribution in [2.45, 2.75) is 46.6 Å². The molecular weight excluding hydrogens is 148 g/mol. The first-order valence-corrected chi connectivity index (χ1v) is 4.86. The molecule has 0 saturated heterocycles. The Kier molecular flexibility index (Phi) is 6.09. The maximum Gasteiger partial charge on any atom is 0.0803 e. The molecule has 2 unspecified atom stereocenters. The molecule has 0 aromatic carbocycles. The van der Waals surface area contributed by atoms with Crippen molar-refractivity contribution in [1.29, 1.82) is 0 Å². The highest BCUT2D eigenvalue weighted by Gasteiger charge is 2.15. The third-order valence-electron chi connectivity index (χ3n) is 2.39. The molecule has 0 aromatic heterocycles. The van der Waals surface area contributed by atoms with Gasteiger partial charge in [0, 0.05) is 7.11 Å². The molecule has 1 heteroatoms. The summed E-state index contributed by atoms with van der Waals surface area (Å²) in [5.41, 5.74) is 1.37. The molecule has 0 amide bonds. The molecule has 0 spiro atoms. The van der Waals surface area contributed by atoms with Crippen LogP contribution in [-0.2, 0) is 4.74 Å². The summed E-state index contributed by atoms with van der Waals surface area (Å²) in [7, 11) is 1.80. The van der Waals surface area contributed by atoms with E-state index in [-0.39, 0.29) is 0 Å². The predicted molar refractivity (Wildman–Crippen MR) is 54.3 cm³/mol. The maximum atomic E-state index is 5.45. The van der Waals surface area contributed by atoms with Crippen LogP contribution >= 0.6 is 0 Å². The van der Waals surface area contributed by atoms with Crippen LogP contribution in [0.1, 0.15) is 40.5 Å². The van der Waals surface area contributed by atoms with E-state index in [0.717, 1.165) is 6.42 Å². The Morgan fingerprint density at radius 2 is 2.00 bits per heavy atom. The van der Waals surface area contributed by atoms with Gasteiger partial charge in [0.2, 0.25) is 0 Å². The standard InChI is InChI=1S/C11H22O/c1-6-8-10(4)11(12-5)9(3)7-2/h8-9,11H,6-7H2,1-5H3. The minimum atomic E-state index is 0.315. The SMILES string of the molecule is CCC=C(C)C(OC)C(C)CC. The van der Waals surface area contributed by atoms with E-state index in [2.05, 4.69) is 33.8 Å². The molecule has 72 valence electrons. The molecule has 0 bridgehead atoms. The quantitative estimate of drug-likeness (QED) is 0.575. The summed E-state index contributed by atoms with van der Waals surface area (Å²) in [4.78, 5) is 0. The van der Waals surface area contributed by atoms with Crippen LogP contribution in [0.4, 0.5) is 0 Å². The highest BCUT2D eigenvalue weighted by Crippen LogP contribution is 2.18. The van der Waals surface area contributed by atoms with Crippen LogP contribution < -0.4 is 0 Å². The number of hydrogen-bond donors (Lipinski definition) is 0. The Balaban J connectivity index is 4.23. The molecule has 0 aliphatic heterocycles. The molecule has 0 saturated carbocycles. The molecule has 0 N–H and O–H groups in total. The van der Waals surface area contributed by atoms with E-state index in [1.807, 2.05) is 0 Å². The van der Waals surface area contributed by atoms with Crippen molar-refractivity contribution in [3.8, 4) is 0 Å². The number of ether oxygens (including phenoxy) is 1. The van der Waals surface area contributed by atoms with Crippen molar-refractivity contribution in [2.24, 2.45) is 5.92 Å². The first-order chi connectivity index (χ1) is 5.67. The summed E-state index contributed by atoms with van der Waals surface area (Å²) < 4.78 is 5.45. The summed E-state index contributed by atoms with van der Waals surface area (Å²) >= 11 is 0. The van der Waals surface area contributed by atoms with Gasteiger partial charge in [-0.2, -0.15) is 0 Å². The third kappa shape index (κ3) is 3.40. The fraction of sp³-hybridized carbons (Fsp3) is 0.818. The number of allylic oxidation sites excluding steroid dienone is 1. The van der Waals surface area contributed by atoms with Gasteiger partial charge in [0.25, 0.3) is 0 Å². The van der Waals surface area contributed by atoms with Gasteiger partial charge in [0.1, 0.15) is 0 Å². The summed E-state index contributed by atoms with van der Waals surface area (Å²) in [6.45, 7) is 8.76. The largest absolute Gasteiger partial charge is 0.377 e. The Bertz CT molecular complexity index is 138. The van der Waals surface area contributed by atoms with E-state index in [1.54, 1.807) is 7.11 Å². The van der Waals surface area contributed by atoms with Crippen LogP contribution in [0.15, 0.2) is 11.6 Å². The van der Waals surface area contributed by atoms with Gasteiger partial charge < -0.3 is 4.74 Å². The van der Waals surface area contributed by atoms with Gasteiger partial charge >= 0.3 is 0 Å². The lowest BCUT2D eigenvalue weighted by atomic mass is 9.95. The lowest BCUT2D eigenvalue weighted by Gasteiger charge is -2.22. The number of methoxy groups -OCH3 is 1. The highest BCUT2D eigenvalue weighted by molar-refractivity contribution is 5.06. The van der Waals surface area contributed by atoms with E-state index < -0.39 is 0 Å². The zero-order valence-corrected chi connectivity index (χ0v) is 9.05. The smallest absolute Gasteiger partial charge is 0.0803 e. The Labute approximate surface area is 76.8 Å². The van der Waals surface area contributed by atoms with Crippen LogP contribution in [0.25, 0.3) is 0 Å². The maximum absolute atomic E-state index is 5.45. The van der Waals surface area contributed by atoms with Gasteiger partial charge in [0.05, 0.1) is 6.10 Å². The lowest BCUT2D eigenvalue weighted by molar-refractivity contribution is 0.0854. The van der Waals surface area contributed by atoms with Crippen LogP contribution in [0.5, 0.6) is 0 Å². The zero-order valence-electron chi connectivity index (χ0n) is 9.05. The summed E-state index contributed by atoms with van der Waals surface area (Å²) in [5.74, 6) is 0.623. The van der Waals surface area contributed by atoms with Gasteiger partial charge in [-0.05, 0) is 24.8 Å². The highest BCUT2D eigenvalue weighted by atomic mass is 16.5. The van der Waals surface area contributed by atoms with E-state index >= 15 is 0 Å². The monoisotopic (exact) mass is 170 g/mol. The molecule has 0 aromatic rings. The molecule has 0 rings (SSSR count). The molecule has 1 nitrogen and oxygen atoms in total. The third-order valence-corrected chi connectivity index (χ3v) is 2.39. The molecule has 0 aliphatic carbocycles. The predicted octanol–water partition coefficient (Wildman–Crippen LogP) is 3.40. The molecule has 12 heavy (non-hydrogen) atoms. The second-order valence-corrected chi connectivity index (χ2v) is 3.40. The first-order valence-electron chi connectivity index (χ1n) is 4.86. The van der Waals surface area contributed by atoms with Gasteiger partial charge in [-0.3, -0.25) is 0 Å². The number of rotatable bonds is 5. The van der Waals surface area contributed by atoms with Gasteiger partial charge in [-0.25, -0.2) is 0 Å². The second-order valence-electron chi connectivity index (χ2n) is 3.40. The van der Waals surface area contributed by atoms with Gasteiger partial charge in [-0.1, -0.05) is 33.3 Å². The fourth-order valence-corrected chi connectivity index (χ4v) is 1.52. The van der Waals surface area contributed by atoms with Gasteiger partial charge in [0.15, 0.2) is 0 Å². The average Bonchev–Trinajstić information content (AvgIpc) is 2.06. The molecule has 0 heterocycles. The van der Waals surface area contributed by atoms with Gasteiger partial charge in [-0.15, -0.1) is 0 Å². The molecular formula is C11H22O. The first kappa shape index (κ1) is 11.7. The van der Waals surface area contributed by atoms with E-state index in [0.29, 0.717) is 12.0 Å². The Morgan fingerprint density at radius 3 is 2.33 bits per heavy atom. The summed E-state index contributed by atoms with van der Waals surface area (Å²) in [6, 6.07) is 0. The minimum absolute atomic E-state index is 0.315. The topological polar surface area (TPSA) is 9.23 Å². The van der Waals surface area contributed by atoms with Crippen molar-refractivity contribution in [2.75, 3.05) is 7.11 Å². The Hall–Kier alpha value is -0.300. The average molecular weight is 170 g/mol. The normalized spacial score (nSPS) is 17.6. The van der Waals surface area contributed by atoms with Crippen molar-refractivity contribution in [3.05, 3.63) is 11.6 Å². The molecule has 0 radical (unpaired) electrons. The molecule has 0 aliphatic rings. The summed E-state index contributed by atoms with van der Waals surface area (Å²) in [5, 5.41) is 0. The minimum Gasteiger partial charge on any atom is -0.377 e. The summed E-state index contributed by atoms with van der Waals surface area (Å²) in [6.07, 6.45) is 4.84. The van der Waals surface area contributed by atoms with Crippen LogP contribution in [0, 0.1) is 5.92 Å². The number of hydrogen-bond acceptors (Lipinski definition) is 1. The van der Waals surface area contributed by atoms with E-state index in [1.165, 1.54) is 12.0 Å². The van der Waals surface area contributed by atoms with Crippen LogP contribution in [0.3, 0.4) is 0 Å². The van der Waals surface area contributed by atoms with Crippen molar-refractivity contribution < 1.29 is 4.74 Å². The molecule has 2 atom stereocenters. The molecule has 0 fully saturated rings. The van der Waals surface area contributed by atoms with Crippen LogP contribution in [-0.4, -0.2) is 13.2 Å². The van der Waals surface area contributed by atoms with E-state index in [4.69, 9.17) is 4.74 Å². The van der Waals surface area contributed by atoms with Crippen LogP contribution in [0.2, 0.25) is 0 Å². The fourth-order valence-electron chi connectivity index (χ4n) is 1.52. The van der Waals surface area contributed by atoms with E-state index in [9.17, 15) is 0 Å². The Morgan fingerprint density at radius 1 is 1.42 bits per heavy atom.